The van der Waals surface area contributed by atoms with Crippen LogP contribution in [0.15, 0.2) is 24.3 Å². The van der Waals surface area contributed by atoms with Gasteiger partial charge in [0.2, 0.25) is 29.5 Å². The number of primary amides is 2. The predicted octanol–water partition coefficient (Wildman–Crippen LogP) is -2.40. The molecule has 1 rings (SSSR count). The third-order valence-electron chi connectivity index (χ3n) is 5.31. The second kappa shape index (κ2) is 14.4. The summed E-state index contributed by atoms with van der Waals surface area (Å²) in [5.74, 6) is -6.09. The summed E-state index contributed by atoms with van der Waals surface area (Å²) in [6, 6.07) is 0.857. The van der Waals surface area contributed by atoms with Crippen molar-refractivity contribution in [2.75, 3.05) is 0 Å². The highest BCUT2D eigenvalue weighted by molar-refractivity contribution is 5.95. The summed E-state index contributed by atoms with van der Waals surface area (Å²) in [5, 5.41) is 25.6. The Bertz CT molecular complexity index is 997. The molecule has 0 bridgehead atoms. The van der Waals surface area contributed by atoms with Crippen molar-refractivity contribution in [3.05, 3.63) is 29.8 Å². The summed E-state index contributed by atoms with van der Waals surface area (Å²) in [6.07, 6.45) is -1.16. The Balaban J connectivity index is 2.96. The minimum atomic E-state index is -1.66. The van der Waals surface area contributed by atoms with E-state index in [-0.39, 0.29) is 25.0 Å². The predicted molar refractivity (Wildman–Crippen MR) is 130 cm³/mol. The number of carboxylic acids is 1. The average molecular weight is 523 g/mol. The zero-order chi connectivity index (χ0) is 28.3. The number of nitrogens with one attached hydrogen (secondary N) is 3. The lowest BCUT2D eigenvalue weighted by Gasteiger charge is -2.27. The third-order valence-corrected chi connectivity index (χ3v) is 5.31. The SMILES string of the molecule is CC(C)C(NC(=O)C(N)Cc1ccc(O)cc1)C(=O)NC(CCC(N)=O)C(=O)NC(CC(N)=O)C(=O)O. The van der Waals surface area contributed by atoms with Crippen molar-refractivity contribution < 1.29 is 39.0 Å². The largest absolute Gasteiger partial charge is 0.508 e. The van der Waals surface area contributed by atoms with Gasteiger partial charge >= 0.3 is 5.97 Å². The first-order valence-corrected chi connectivity index (χ1v) is 11.4. The van der Waals surface area contributed by atoms with E-state index in [2.05, 4.69) is 16.0 Å². The maximum atomic E-state index is 13.0. The Morgan fingerprint density at radius 2 is 1.41 bits per heavy atom. The number of amides is 5. The van der Waals surface area contributed by atoms with E-state index in [1.807, 2.05) is 0 Å². The first kappa shape index (κ1) is 30.8. The molecule has 5 amide bonds. The molecule has 0 radical (unpaired) electrons. The van der Waals surface area contributed by atoms with Gasteiger partial charge in [-0.1, -0.05) is 26.0 Å². The van der Waals surface area contributed by atoms with Crippen LogP contribution in [-0.4, -0.2) is 69.9 Å². The lowest BCUT2D eigenvalue weighted by atomic mass is 10.00. The van der Waals surface area contributed by atoms with Gasteiger partial charge in [-0.25, -0.2) is 4.79 Å². The van der Waals surface area contributed by atoms with Crippen LogP contribution in [0.4, 0.5) is 0 Å². The molecule has 4 atom stereocenters. The number of aliphatic carboxylic acids is 1. The first-order valence-electron chi connectivity index (χ1n) is 11.4. The van der Waals surface area contributed by atoms with Gasteiger partial charge in [0.1, 0.15) is 23.9 Å². The van der Waals surface area contributed by atoms with Crippen LogP contribution < -0.4 is 33.2 Å². The van der Waals surface area contributed by atoms with E-state index in [1.54, 1.807) is 26.0 Å². The van der Waals surface area contributed by atoms with Crippen molar-refractivity contribution in [3.8, 4) is 5.75 Å². The molecule has 0 fully saturated rings. The van der Waals surface area contributed by atoms with Crippen LogP contribution in [0.25, 0.3) is 0 Å². The fourth-order valence-electron chi connectivity index (χ4n) is 3.26. The van der Waals surface area contributed by atoms with Gasteiger partial charge in [-0.15, -0.1) is 0 Å². The number of hydrogen-bond acceptors (Lipinski definition) is 8. The summed E-state index contributed by atoms with van der Waals surface area (Å²) in [5.41, 5.74) is 16.8. The smallest absolute Gasteiger partial charge is 0.326 e. The molecule has 0 saturated heterocycles. The van der Waals surface area contributed by atoms with Crippen molar-refractivity contribution in [2.24, 2.45) is 23.1 Å². The first-order chi connectivity index (χ1) is 17.2. The quantitative estimate of drug-likeness (QED) is 0.122. The van der Waals surface area contributed by atoms with E-state index in [9.17, 15) is 39.0 Å². The van der Waals surface area contributed by atoms with Crippen LogP contribution in [0.5, 0.6) is 5.75 Å². The zero-order valence-electron chi connectivity index (χ0n) is 20.6. The molecular formula is C23H34N6O8. The molecule has 0 saturated carbocycles. The number of carbonyl (C=O) groups is 6. The molecule has 0 aromatic heterocycles. The molecule has 37 heavy (non-hydrogen) atoms. The molecule has 11 N–H and O–H groups in total. The number of carbonyl (C=O) groups excluding carboxylic acids is 5. The van der Waals surface area contributed by atoms with Gasteiger partial charge in [0.15, 0.2) is 0 Å². The van der Waals surface area contributed by atoms with Crippen LogP contribution >= 0.6 is 0 Å². The Morgan fingerprint density at radius 3 is 1.89 bits per heavy atom. The highest BCUT2D eigenvalue weighted by atomic mass is 16.4. The molecule has 204 valence electrons. The second-order valence-electron chi connectivity index (χ2n) is 8.84. The number of carboxylic acid groups (broad SMARTS) is 1. The standard InChI is InChI=1S/C23H34N6O8/c1-11(2)19(29-20(33)14(24)9-12-3-5-13(30)6-4-12)22(35)27-15(7-8-17(25)31)21(34)28-16(23(36)37)10-18(26)32/h3-6,11,14-16,19,30H,7-10,24H2,1-2H3,(H2,25,31)(H2,26,32)(H,27,35)(H,28,34)(H,29,33)(H,36,37). The molecular weight excluding hydrogens is 488 g/mol. The Kier molecular flexibility index (Phi) is 12.0. The molecule has 14 nitrogen and oxygen atoms in total. The molecule has 0 heterocycles. The number of nitrogens with two attached hydrogens (primary N) is 3. The zero-order valence-corrected chi connectivity index (χ0v) is 20.6. The minimum absolute atomic E-state index is 0.0533. The Hall–Kier alpha value is -4.20. The molecule has 0 aliphatic heterocycles. The normalized spacial score (nSPS) is 14.1. The highest BCUT2D eigenvalue weighted by Crippen LogP contribution is 2.12. The molecule has 1 aromatic rings. The third kappa shape index (κ3) is 10.9. The van der Waals surface area contributed by atoms with E-state index in [0.717, 1.165) is 0 Å². The average Bonchev–Trinajstić information content (AvgIpc) is 2.79. The van der Waals surface area contributed by atoms with Crippen LogP contribution in [0, 0.1) is 5.92 Å². The molecule has 4 unspecified atom stereocenters. The Morgan fingerprint density at radius 1 is 0.838 bits per heavy atom. The number of aromatic hydroxyl groups is 1. The fraction of sp³-hybridized carbons (Fsp3) is 0.478. The van der Waals surface area contributed by atoms with E-state index >= 15 is 0 Å². The fourth-order valence-corrected chi connectivity index (χ4v) is 3.26. The minimum Gasteiger partial charge on any atom is -0.508 e. The topological polar surface area (TPSA) is 257 Å². The lowest BCUT2D eigenvalue weighted by Crippen LogP contribution is -2.58. The van der Waals surface area contributed by atoms with Crippen LogP contribution in [0.3, 0.4) is 0 Å². The van der Waals surface area contributed by atoms with Crippen molar-refractivity contribution >= 4 is 35.5 Å². The van der Waals surface area contributed by atoms with Crippen molar-refractivity contribution in [1.82, 2.24) is 16.0 Å². The number of phenolic OH excluding ortho intramolecular Hbond substituents is 1. The molecule has 0 aliphatic carbocycles. The maximum absolute atomic E-state index is 13.0. The second-order valence-corrected chi connectivity index (χ2v) is 8.84. The maximum Gasteiger partial charge on any atom is 0.326 e. The number of rotatable bonds is 15. The van der Waals surface area contributed by atoms with Gasteiger partial charge in [-0.2, -0.15) is 0 Å². The summed E-state index contributed by atoms with van der Waals surface area (Å²) in [6.45, 7) is 3.28. The van der Waals surface area contributed by atoms with Gasteiger partial charge < -0.3 is 43.4 Å². The molecule has 14 heteroatoms. The van der Waals surface area contributed by atoms with E-state index in [0.29, 0.717) is 5.56 Å². The summed E-state index contributed by atoms with van der Waals surface area (Å²) < 4.78 is 0. The van der Waals surface area contributed by atoms with Gasteiger partial charge in [0.05, 0.1) is 12.5 Å². The monoisotopic (exact) mass is 522 g/mol. The summed E-state index contributed by atoms with van der Waals surface area (Å²) in [4.78, 5) is 72.1. The summed E-state index contributed by atoms with van der Waals surface area (Å²) >= 11 is 0. The van der Waals surface area contributed by atoms with Gasteiger partial charge in [0.25, 0.3) is 0 Å². The lowest BCUT2D eigenvalue weighted by molar-refractivity contribution is -0.144. The van der Waals surface area contributed by atoms with Crippen molar-refractivity contribution in [1.29, 1.82) is 0 Å². The van der Waals surface area contributed by atoms with Crippen molar-refractivity contribution in [2.45, 2.75) is 63.7 Å². The van der Waals surface area contributed by atoms with Gasteiger partial charge in [0, 0.05) is 6.42 Å². The molecule has 0 aliphatic rings. The van der Waals surface area contributed by atoms with Crippen LogP contribution in [0.1, 0.15) is 38.7 Å². The number of phenols is 1. The van der Waals surface area contributed by atoms with Crippen LogP contribution in [0.2, 0.25) is 0 Å². The molecule has 1 aromatic carbocycles. The Labute approximate surface area is 213 Å². The van der Waals surface area contributed by atoms with Gasteiger partial charge in [-0.05, 0) is 36.5 Å². The molecule has 0 spiro atoms. The van der Waals surface area contributed by atoms with E-state index in [1.165, 1.54) is 12.1 Å². The van der Waals surface area contributed by atoms with E-state index in [4.69, 9.17) is 17.2 Å². The van der Waals surface area contributed by atoms with Crippen molar-refractivity contribution in [3.63, 3.8) is 0 Å². The van der Waals surface area contributed by atoms with Crippen LogP contribution in [-0.2, 0) is 35.2 Å². The highest BCUT2D eigenvalue weighted by Gasteiger charge is 2.32. The summed E-state index contributed by atoms with van der Waals surface area (Å²) in [7, 11) is 0. The number of benzene rings is 1. The van der Waals surface area contributed by atoms with E-state index < -0.39 is 72.0 Å². The van der Waals surface area contributed by atoms with Gasteiger partial charge in [-0.3, -0.25) is 24.0 Å². The number of hydrogen-bond donors (Lipinski definition) is 8.